The average Bonchev–Trinajstić information content (AvgIpc) is 2.42. The van der Waals surface area contributed by atoms with Gasteiger partial charge in [-0.2, -0.15) is 0 Å². The van der Waals surface area contributed by atoms with Crippen molar-refractivity contribution in [3.63, 3.8) is 0 Å². The summed E-state index contributed by atoms with van der Waals surface area (Å²) in [5.74, 6) is 0.799. The van der Waals surface area contributed by atoms with Gasteiger partial charge in [-0.25, -0.2) is 0 Å². The molecule has 1 heterocycles. The molecule has 1 fully saturated rings. The van der Waals surface area contributed by atoms with Gasteiger partial charge in [-0.1, -0.05) is 24.3 Å². The topological polar surface area (TPSA) is 24.5 Å². The molecule has 1 N–H and O–H groups in total. The summed E-state index contributed by atoms with van der Waals surface area (Å²) in [6, 6.07) is 8.58. The molecular weight excluding hydrogens is 236 g/mol. The van der Waals surface area contributed by atoms with Crippen molar-refractivity contribution in [2.75, 3.05) is 33.8 Å². The van der Waals surface area contributed by atoms with Crippen LogP contribution >= 0.6 is 0 Å². The number of nitrogens with zero attached hydrogens (tertiary/aromatic N) is 1. The first kappa shape index (κ1) is 14.5. The SMILES string of the molecule is COCc1ccccc1CN(C)CC1CCCNC1. The van der Waals surface area contributed by atoms with Crippen molar-refractivity contribution < 1.29 is 4.74 Å². The minimum Gasteiger partial charge on any atom is -0.380 e. The van der Waals surface area contributed by atoms with E-state index in [-0.39, 0.29) is 0 Å². The summed E-state index contributed by atoms with van der Waals surface area (Å²) in [7, 11) is 3.98. The van der Waals surface area contributed by atoms with Crippen LogP contribution in [0.5, 0.6) is 0 Å². The third-order valence-electron chi connectivity index (χ3n) is 3.83. The molecule has 1 aromatic rings. The average molecular weight is 262 g/mol. The van der Waals surface area contributed by atoms with Crippen LogP contribution in [0.1, 0.15) is 24.0 Å². The summed E-state index contributed by atoms with van der Waals surface area (Å²) >= 11 is 0. The Morgan fingerprint density at radius 2 is 2.11 bits per heavy atom. The van der Waals surface area contributed by atoms with Gasteiger partial charge in [-0.05, 0) is 50.0 Å². The lowest BCUT2D eigenvalue weighted by molar-refractivity contribution is 0.182. The van der Waals surface area contributed by atoms with Crippen molar-refractivity contribution in [3.05, 3.63) is 35.4 Å². The number of rotatable bonds is 6. The summed E-state index contributed by atoms with van der Waals surface area (Å²) in [5.41, 5.74) is 2.69. The molecule has 1 atom stereocenters. The van der Waals surface area contributed by atoms with Crippen molar-refractivity contribution in [1.82, 2.24) is 10.2 Å². The highest BCUT2D eigenvalue weighted by Crippen LogP contribution is 2.15. The van der Waals surface area contributed by atoms with E-state index in [1.165, 1.54) is 43.6 Å². The van der Waals surface area contributed by atoms with Gasteiger partial charge in [0.25, 0.3) is 0 Å². The van der Waals surface area contributed by atoms with Crippen molar-refractivity contribution in [3.8, 4) is 0 Å². The van der Waals surface area contributed by atoms with Crippen molar-refractivity contribution in [2.45, 2.75) is 26.0 Å². The molecule has 1 saturated heterocycles. The predicted molar refractivity (Wildman–Crippen MR) is 79.1 cm³/mol. The van der Waals surface area contributed by atoms with Crippen LogP contribution in [-0.2, 0) is 17.9 Å². The zero-order valence-corrected chi connectivity index (χ0v) is 12.2. The van der Waals surface area contributed by atoms with Gasteiger partial charge in [-0.15, -0.1) is 0 Å². The second-order valence-electron chi connectivity index (χ2n) is 5.61. The molecule has 0 aromatic heterocycles. The van der Waals surface area contributed by atoms with E-state index in [2.05, 4.69) is 41.5 Å². The molecule has 1 aromatic carbocycles. The number of methoxy groups -OCH3 is 1. The Labute approximate surface area is 116 Å². The van der Waals surface area contributed by atoms with Crippen LogP contribution < -0.4 is 5.32 Å². The Kier molecular flexibility index (Phi) is 5.83. The number of piperidine rings is 1. The standard InChI is InChI=1S/C16H26N2O/c1-18(11-14-6-5-9-17-10-14)12-15-7-3-4-8-16(15)13-19-2/h3-4,7-8,14,17H,5-6,9-13H2,1-2H3. The van der Waals surface area contributed by atoms with Crippen molar-refractivity contribution in [1.29, 1.82) is 0 Å². The molecule has 1 aliphatic heterocycles. The predicted octanol–water partition coefficient (Wildman–Crippen LogP) is 2.26. The molecular formula is C16H26N2O. The first-order valence-corrected chi connectivity index (χ1v) is 7.24. The second-order valence-corrected chi connectivity index (χ2v) is 5.61. The van der Waals surface area contributed by atoms with Gasteiger partial charge >= 0.3 is 0 Å². The molecule has 106 valence electrons. The largest absolute Gasteiger partial charge is 0.380 e. The maximum absolute atomic E-state index is 5.27. The Balaban J connectivity index is 1.88. The lowest BCUT2D eigenvalue weighted by atomic mass is 9.99. The number of benzene rings is 1. The Hall–Kier alpha value is -0.900. The molecule has 3 nitrogen and oxygen atoms in total. The summed E-state index contributed by atoms with van der Waals surface area (Å²) in [6.07, 6.45) is 2.68. The molecule has 19 heavy (non-hydrogen) atoms. The number of nitrogens with one attached hydrogen (secondary N) is 1. The van der Waals surface area contributed by atoms with Crippen LogP contribution in [0.3, 0.4) is 0 Å². The van der Waals surface area contributed by atoms with Crippen molar-refractivity contribution >= 4 is 0 Å². The molecule has 3 heteroatoms. The van der Waals surface area contributed by atoms with E-state index < -0.39 is 0 Å². The zero-order chi connectivity index (χ0) is 13.5. The smallest absolute Gasteiger partial charge is 0.0716 e. The van der Waals surface area contributed by atoms with Gasteiger partial charge in [0.05, 0.1) is 6.61 Å². The van der Waals surface area contributed by atoms with E-state index in [0.29, 0.717) is 6.61 Å². The van der Waals surface area contributed by atoms with Gasteiger partial charge in [0.1, 0.15) is 0 Å². The molecule has 0 radical (unpaired) electrons. The first-order valence-electron chi connectivity index (χ1n) is 7.24. The van der Waals surface area contributed by atoms with Gasteiger partial charge < -0.3 is 15.0 Å². The fraction of sp³-hybridized carbons (Fsp3) is 0.625. The second kappa shape index (κ2) is 7.63. The summed E-state index contributed by atoms with van der Waals surface area (Å²) in [6.45, 7) is 5.25. The highest BCUT2D eigenvalue weighted by atomic mass is 16.5. The number of ether oxygens (including phenoxy) is 1. The van der Waals surface area contributed by atoms with Crippen LogP contribution in [0.15, 0.2) is 24.3 Å². The Morgan fingerprint density at radius 3 is 2.79 bits per heavy atom. The summed E-state index contributed by atoms with van der Waals surface area (Å²) in [4.78, 5) is 2.44. The third kappa shape index (κ3) is 4.60. The fourth-order valence-corrected chi connectivity index (χ4v) is 2.88. The maximum atomic E-state index is 5.27. The van der Waals surface area contributed by atoms with Gasteiger partial charge in [0.2, 0.25) is 0 Å². The van der Waals surface area contributed by atoms with Crippen LogP contribution in [0.4, 0.5) is 0 Å². The highest BCUT2D eigenvalue weighted by molar-refractivity contribution is 5.26. The van der Waals surface area contributed by atoms with Crippen LogP contribution in [0, 0.1) is 5.92 Å². The van der Waals surface area contributed by atoms with E-state index in [4.69, 9.17) is 4.74 Å². The van der Waals surface area contributed by atoms with Crippen LogP contribution in [0.25, 0.3) is 0 Å². The highest BCUT2D eigenvalue weighted by Gasteiger charge is 2.15. The maximum Gasteiger partial charge on any atom is 0.0716 e. The molecule has 0 spiro atoms. The minimum absolute atomic E-state index is 0.703. The van der Waals surface area contributed by atoms with Crippen LogP contribution in [-0.4, -0.2) is 38.7 Å². The molecule has 2 rings (SSSR count). The molecule has 1 unspecified atom stereocenters. The first-order chi connectivity index (χ1) is 9.29. The van der Waals surface area contributed by atoms with Gasteiger partial charge in [0.15, 0.2) is 0 Å². The minimum atomic E-state index is 0.703. The fourth-order valence-electron chi connectivity index (χ4n) is 2.88. The van der Waals surface area contributed by atoms with Gasteiger partial charge in [0, 0.05) is 20.2 Å². The summed E-state index contributed by atoms with van der Waals surface area (Å²) < 4.78 is 5.27. The molecule has 0 aliphatic carbocycles. The lowest BCUT2D eigenvalue weighted by Crippen LogP contribution is -2.36. The third-order valence-corrected chi connectivity index (χ3v) is 3.83. The lowest BCUT2D eigenvalue weighted by Gasteiger charge is -2.28. The summed E-state index contributed by atoms with van der Waals surface area (Å²) in [5, 5.41) is 3.49. The zero-order valence-electron chi connectivity index (χ0n) is 12.2. The molecule has 0 saturated carbocycles. The number of hydrogen-bond acceptors (Lipinski definition) is 3. The number of hydrogen-bond donors (Lipinski definition) is 1. The normalized spacial score (nSPS) is 19.8. The van der Waals surface area contributed by atoms with E-state index >= 15 is 0 Å². The molecule has 0 amide bonds. The van der Waals surface area contributed by atoms with E-state index in [1.54, 1.807) is 7.11 Å². The Bertz CT molecular complexity index is 375. The monoisotopic (exact) mass is 262 g/mol. The molecule has 0 bridgehead atoms. The van der Waals surface area contributed by atoms with E-state index in [0.717, 1.165) is 12.5 Å². The van der Waals surface area contributed by atoms with E-state index in [1.807, 2.05) is 0 Å². The Morgan fingerprint density at radius 1 is 1.32 bits per heavy atom. The van der Waals surface area contributed by atoms with Crippen LogP contribution in [0.2, 0.25) is 0 Å². The van der Waals surface area contributed by atoms with Gasteiger partial charge in [-0.3, -0.25) is 0 Å². The van der Waals surface area contributed by atoms with Crippen molar-refractivity contribution in [2.24, 2.45) is 5.92 Å². The quantitative estimate of drug-likeness (QED) is 0.851. The molecule has 1 aliphatic rings. The van der Waals surface area contributed by atoms with E-state index in [9.17, 15) is 0 Å².